The lowest BCUT2D eigenvalue weighted by Crippen LogP contribution is -2.61. The highest BCUT2D eigenvalue weighted by molar-refractivity contribution is 6.85. The van der Waals surface area contributed by atoms with Crippen LogP contribution in [0.15, 0.2) is 0 Å². The summed E-state index contributed by atoms with van der Waals surface area (Å²) in [6.45, 7) is 24.7. The Kier molecular flexibility index (Phi) is 14.7. The fourth-order valence-corrected chi connectivity index (χ4v) is 20.7. The average Bonchev–Trinajstić information content (AvgIpc) is 2.51. The maximum atomic E-state index is 6.73. The van der Waals surface area contributed by atoms with Gasteiger partial charge < -0.3 is 29.7 Å². The average molecular weight is 516 g/mol. The quantitative estimate of drug-likeness (QED) is 0.264. The highest BCUT2D eigenvalue weighted by Gasteiger charge is 2.52. The third kappa shape index (κ3) is 12.6. The van der Waals surface area contributed by atoms with Crippen LogP contribution in [0, 0.1) is 0 Å². The molecule has 0 aliphatic rings. The van der Waals surface area contributed by atoms with Gasteiger partial charge in [0.25, 0.3) is 0 Å². The van der Waals surface area contributed by atoms with E-state index in [2.05, 4.69) is 52.4 Å². The van der Waals surface area contributed by atoms with Gasteiger partial charge in [0.15, 0.2) is 35.4 Å². The predicted octanol–water partition coefficient (Wildman–Crippen LogP) is 4.50. The van der Waals surface area contributed by atoms with Crippen LogP contribution >= 0.6 is 0 Å². The fraction of sp³-hybridized carbons (Fsp3) is 1.00. The second kappa shape index (κ2) is 14.2. The van der Waals surface area contributed by atoms with Crippen molar-refractivity contribution in [1.29, 1.82) is 0 Å². The van der Waals surface area contributed by atoms with Crippen molar-refractivity contribution in [3.05, 3.63) is 0 Å². The summed E-state index contributed by atoms with van der Waals surface area (Å²) in [6.07, 6.45) is 0. The molecular formula is C16H43O7Si6. The number of rotatable bonds is 17. The van der Waals surface area contributed by atoms with Gasteiger partial charge in [-0.05, 0) is 79.2 Å². The van der Waals surface area contributed by atoms with E-state index in [1.54, 1.807) is 0 Å². The van der Waals surface area contributed by atoms with Gasteiger partial charge in [0.05, 0.1) is 0 Å². The van der Waals surface area contributed by atoms with Crippen LogP contribution in [0.3, 0.4) is 0 Å². The van der Waals surface area contributed by atoms with E-state index in [1.165, 1.54) is 0 Å². The first-order valence-corrected chi connectivity index (χ1v) is 24.3. The molecule has 0 aliphatic heterocycles. The summed E-state index contributed by atoms with van der Waals surface area (Å²) in [7, 11) is -11.2. The number of hydrogen-bond donors (Lipinski definition) is 0. The molecule has 173 valence electrons. The standard InChI is InChI=1S/C16H43O7Si6/c1-12-17-28(18-13-2,19-14-3)16-15-27(10,11)23-29(20-24(4)5,21-25(6)7)22-26(8)9/h12-16H2,1-11H3. The topological polar surface area (TPSA) is 64.6 Å². The Labute approximate surface area is 187 Å². The highest BCUT2D eigenvalue weighted by atomic mass is 28.5. The van der Waals surface area contributed by atoms with Crippen LogP contribution in [-0.4, -0.2) is 73.1 Å². The van der Waals surface area contributed by atoms with Crippen LogP contribution in [0.1, 0.15) is 20.8 Å². The molecule has 0 heterocycles. The van der Waals surface area contributed by atoms with E-state index in [-0.39, 0.29) is 0 Å². The molecule has 0 unspecified atom stereocenters. The Morgan fingerprint density at radius 3 is 1.21 bits per heavy atom. The van der Waals surface area contributed by atoms with E-state index >= 15 is 0 Å². The lowest BCUT2D eigenvalue weighted by Gasteiger charge is -2.39. The zero-order valence-corrected chi connectivity index (χ0v) is 26.4. The third-order valence-electron chi connectivity index (χ3n) is 3.51. The summed E-state index contributed by atoms with van der Waals surface area (Å²) in [6, 6.07) is 1.57. The number of hydrogen-bond acceptors (Lipinski definition) is 7. The van der Waals surface area contributed by atoms with E-state index in [0.29, 0.717) is 19.8 Å². The van der Waals surface area contributed by atoms with Gasteiger partial charge in [0.1, 0.15) is 0 Å². The van der Waals surface area contributed by atoms with Crippen molar-refractivity contribution in [3.8, 4) is 0 Å². The molecule has 0 aromatic rings. The normalized spacial score (nSPS) is 13.9. The summed E-state index contributed by atoms with van der Waals surface area (Å²) in [5.74, 6) is 0. The molecule has 0 saturated heterocycles. The molecule has 0 aliphatic carbocycles. The molecule has 0 saturated carbocycles. The Morgan fingerprint density at radius 1 is 0.586 bits per heavy atom. The molecule has 0 fully saturated rings. The Morgan fingerprint density at radius 2 is 0.931 bits per heavy atom. The molecule has 13 heteroatoms. The molecule has 29 heavy (non-hydrogen) atoms. The molecule has 0 aromatic heterocycles. The molecule has 3 radical (unpaired) electrons. The molecule has 0 N–H and O–H groups in total. The third-order valence-corrected chi connectivity index (χ3v) is 19.6. The summed E-state index contributed by atoms with van der Waals surface area (Å²) >= 11 is 0. The molecule has 7 nitrogen and oxygen atoms in total. The SMILES string of the molecule is CCO[Si](CC[Si](C)(C)O[Si](O[Si](C)C)(O[Si](C)C)O[Si](C)C)(OCC)OCC. The van der Waals surface area contributed by atoms with Gasteiger partial charge in [-0.1, -0.05) is 0 Å². The fourth-order valence-electron chi connectivity index (χ4n) is 2.72. The molecular weight excluding hydrogens is 473 g/mol. The van der Waals surface area contributed by atoms with Crippen molar-refractivity contribution < 1.29 is 29.7 Å². The van der Waals surface area contributed by atoms with Crippen molar-refractivity contribution in [3.63, 3.8) is 0 Å². The van der Waals surface area contributed by atoms with Crippen LogP contribution in [-0.2, 0) is 29.7 Å². The smallest absolute Gasteiger partial charge is 0.396 e. The first-order valence-electron chi connectivity index (χ1n) is 10.4. The van der Waals surface area contributed by atoms with Crippen LogP contribution in [0.25, 0.3) is 0 Å². The zero-order valence-electron chi connectivity index (χ0n) is 20.4. The Hall–Kier alpha value is 1.02. The van der Waals surface area contributed by atoms with Gasteiger partial charge in [-0.25, -0.2) is 0 Å². The molecule has 0 bridgehead atoms. The van der Waals surface area contributed by atoms with E-state index in [4.69, 9.17) is 29.7 Å². The van der Waals surface area contributed by atoms with Gasteiger partial charge in [0, 0.05) is 25.9 Å². The maximum absolute atomic E-state index is 6.73. The van der Waals surface area contributed by atoms with Crippen LogP contribution < -0.4 is 0 Å². The van der Waals surface area contributed by atoms with Gasteiger partial charge in [-0.2, -0.15) is 0 Å². The van der Waals surface area contributed by atoms with Gasteiger partial charge in [-0.15, -0.1) is 0 Å². The van der Waals surface area contributed by atoms with Crippen molar-refractivity contribution in [2.75, 3.05) is 19.8 Å². The minimum atomic E-state index is -3.18. The maximum Gasteiger partial charge on any atom is 0.636 e. The highest BCUT2D eigenvalue weighted by Crippen LogP contribution is 2.29. The van der Waals surface area contributed by atoms with E-state index in [0.717, 1.165) is 12.1 Å². The Bertz CT molecular complexity index is 396. The van der Waals surface area contributed by atoms with Crippen molar-refractivity contribution in [1.82, 2.24) is 0 Å². The second-order valence-electron chi connectivity index (χ2n) is 7.87. The van der Waals surface area contributed by atoms with Crippen LogP contribution in [0.4, 0.5) is 0 Å². The van der Waals surface area contributed by atoms with E-state index < -0.39 is 53.3 Å². The molecule has 0 atom stereocenters. The van der Waals surface area contributed by atoms with Crippen molar-refractivity contribution in [2.45, 2.75) is 85.2 Å². The molecule has 0 rings (SSSR count). The first-order chi connectivity index (χ1) is 13.3. The van der Waals surface area contributed by atoms with Gasteiger partial charge in [-0.3, -0.25) is 0 Å². The second-order valence-corrected chi connectivity index (χ2v) is 24.3. The monoisotopic (exact) mass is 515 g/mol. The van der Waals surface area contributed by atoms with Crippen LogP contribution in [0.5, 0.6) is 0 Å². The van der Waals surface area contributed by atoms with Gasteiger partial charge >= 0.3 is 17.9 Å². The molecule has 0 spiro atoms. The summed E-state index contributed by atoms with van der Waals surface area (Å²) in [4.78, 5) is 0. The zero-order chi connectivity index (χ0) is 22.7. The summed E-state index contributed by atoms with van der Waals surface area (Å²) in [5, 5.41) is 0. The molecule has 0 amide bonds. The largest absolute Gasteiger partial charge is 0.636 e. The van der Waals surface area contributed by atoms with Gasteiger partial charge in [0.2, 0.25) is 0 Å². The predicted molar refractivity (Wildman–Crippen MR) is 130 cm³/mol. The summed E-state index contributed by atoms with van der Waals surface area (Å²) < 4.78 is 43.8. The minimum absolute atomic E-state index is 0.579. The van der Waals surface area contributed by atoms with E-state index in [9.17, 15) is 0 Å². The lowest BCUT2D eigenvalue weighted by atomic mass is 10.9. The van der Waals surface area contributed by atoms with E-state index in [1.807, 2.05) is 20.8 Å². The summed E-state index contributed by atoms with van der Waals surface area (Å²) in [5.41, 5.74) is 0. The Balaban J connectivity index is 5.55. The first kappa shape index (κ1) is 30.0. The van der Waals surface area contributed by atoms with Crippen molar-refractivity contribution in [2.24, 2.45) is 0 Å². The minimum Gasteiger partial charge on any atom is -0.396 e. The molecule has 0 aromatic carbocycles. The van der Waals surface area contributed by atoms with Crippen LogP contribution in [0.2, 0.25) is 64.5 Å². The van der Waals surface area contributed by atoms with Crippen molar-refractivity contribution >= 4 is 53.3 Å². The lowest BCUT2D eigenvalue weighted by molar-refractivity contribution is 0.0719.